The molecule has 1 heterocycles. The number of benzene rings is 3. The summed E-state index contributed by atoms with van der Waals surface area (Å²) in [6, 6.07) is 18.3. The highest BCUT2D eigenvalue weighted by Gasteiger charge is 2.17. The van der Waals surface area contributed by atoms with Crippen molar-refractivity contribution in [1.29, 1.82) is 0 Å². The Morgan fingerprint density at radius 3 is 2.52 bits per heavy atom. The highest BCUT2D eigenvalue weighted by molar-refractivity contribution is 6.01. The van der Waals surface area contributed by atoms with Crippen LogP contribution in [0.4, 0.5) is 0 Å². The van der Waals surface area contributed by atoms with Crippen molar-refractivity contribution >= 4 is 27.7 Å². The first-order chi connectivity index (χ1) is 12.1. The third-order valence-corrected chi connectivity index (χ3v) is 4.27. The molecule has 0 saturated heterocycles. The number of hydrogen-bond donors (Lipinski definition) is 3. The van der Waals surface area contributed by atoms with Gasteiger partial charge in [-0.25, -0.2) is 4.98 Å². The zero-order valence-electron chi connectivity index (χ0n) is 13.7. The predicted molar refractivity (Wildman–Crippen MR) is 97.6 cm³/mol. The van der Waals surface area contributed by atoms with Gasteiger partial charge in [0.05, 0.1) is 22.6 Å². The molecule has 5 nitrogen and oxygen atoms in total. The van der Waals surface area contributed by atoms with E-state index < -0.39 is 0 Å². The van der Waals surface area contributed by atoms with E-state index in [0.717, 1.165) is 21.8 Å². The lowest BCUT2D eigenvalue weighted by Gasteiger charge is -2.13. The number of aromatic nitrogens is 2. The first-order valence-electron chi connectivity index (χ1n) is 8.09. The minimum absolute atomic E-state index is 0.0343. The number of nitrogens with one attached hydrogen (secondary N) is 2. The van der Waals surface area contributed by atoms with Gasteiger partial charge in [0.2, 0.25) is 0 Å². The number of rotatable bonds is 3. The fraction of sp³-hybridized carbons (Fsp3) is 0.100. The number of fused-ring (bicyclic) bond motifs is 2. The van der Waals surface area contributed by atoms with E-state index in [4.69, 9.17) is 0 Å². The summed E-state index contributed by atoms with van der Waals surface area (Å²) in [4.78, 5) is 20.3. The smallest absolute Gasteiger partial charge is 0.255 e. The van der Waals surface area contributed by atoms with Gasteiger partial charge >= 0.3 is 0 Å². The van der Waals surface area contributed by atoms with Gasteiger partial charge in [-0.15, -0.1) is 0 Å². The number of phenolic OH excluding ortho intramolecular Hbond substituents is 1. The highest BCUT2D eigenvalue weighted by Crippen LogP contribution is 2.25. The maximum Gasteiger partial charge on any atom is 0.255 e. The molecule has 0 spiro atoms. The molecule has 3 N–H and O–H groups in total. The zero-order chi connectivity index (χ0) is 17.4. The van der Waals surface area contributed by atoms with Crippen molar-refractivity contribution in [2.45, 2.75) is 13.0 Å². The number of hydrogen-bond acceptors (Lipinski definition) is 3. The van der Waals surface area contributed by atoms with Crippen molar-refractivity contribution in [3.8, 4) is 5.75 Å². The van der Waals surface area contributed by atoms with Gasteiger partial charge in [0, 0.05) is 0 Å². The number of imidazole rings is 1. The molecule has 1 amide bonds. The Bertz CT molecular complexity index is 1050. The first-order valence-corrected chi connectivity index (χ1v) is 8.09. The van der Waals surface area contributed by atoms with E-state index in [9.17, 15) is 9.90 Å². The molecule has 0 aliphatic rings. The molecule has 1 atom stereocenters. The molecule has 0 saturated carbocycles. The van der Waals surface area contributed by atoms with Crippen molar-refractivity contribution in [2.24, 2.45) is 0 Å². The Balaban J connectivity index is 1.61. The molecule has 25 heavy (non-hydrogen) atoms. The van der Waals surface area contributed by atoms with Gasteiger partial charge in [0.15, 0.2) is 0 Å². The van der Waals surface area contributed by atoms with Gasteiger partial charge in [-0.05, 0) is 42.0 Å². The van der Waals surface area contributed by atoms with Gasteiger partial charge in [-0.2, -0.15) is 0 Å². The molecule has 0 aliphatic heterocycles. The van der Waals surface area contributed by atoms with E-state index in [1.165, 1.54) is 0 Å². The van der Waals surface area contributed by atoms with E-state index in [2.05, 4.69) is 15.3 Å². The van der Waals surface area contributed by atoms with Crippen molar-refractivity contribution in [3.05, 3.63) is 72.1 Å². The van der Waals surface area contributed by atoms with Crippen LogP contribution >= 0.6 is 0 Å². The lowest BCUT2D eigenvalue weighted by Crippen LogP contribution is -2.27. The summed E-state index contributed by atoms with van der Waals surface area (Å²) >= 11 is 0. The van der Waals surface area contributed by atoms with Crippen LogP contribution < -0.4 is 5.32 Å². The SMILES string of the molecule is CC(NC(=O)c1cc2ccccc2cc1O)c1nc2ccccc2[nH]1. The maximum atomic E-state index is 12.6. The fourth-order valence-corrected chi connectivity index (χ4v) is 2.93. The number of phenols is 1. The van der Waals surface area contributed by atoms with Crippen LogP contribution in [0.15, 0.2) is 60.7 Å². The van der Waals surface area contributed by atoms with Crippen LogP contribution in [0.1, 0.15) is 29.1 Å². The summed E-state index contributed by atoms with van der Waals surface area (Å²) in [6.07, 6.45) is 0. The number of nitrogens with zero attached hydrogens (tertiary/aromatic N) is 1. The van der Waals surface area contributed by atoms with Crippen molar-refractivity contribution < 1.29 is 9.90 Å². The second kappa shape index (κ2) is 5.94. The molecule has 4 rings (SSSR count). The summed E-state index contributed by atoms with van der Waals surface area (Å²) < 4.78 is 0. The highest BCUT2D eigenvalue weighted by atomic mass is 16.3. The molecule has 1 unspecified atom stereocenters. The quantitative estimate of drug-likeness (QED) is 0.532. The van der Waals surface area contributed by atoms with Crippen LogP contribution in [0.25, 0.3) is 21.8 Å². The number of carbonyl (C=O) groups is 1. The van der Waals surface area contributed by atoms with Crippen LogP contribution in [-0.2, 0) is 0 Å². The Kier molecular flexibility index (Phi) is 3.61. The molecule has 0 aliphatic carbocycles. The van der Waals surface area contributed by atoms with Gasteiger partial charge < -0.3 is 15.4 Å². The second-order valence-electron chi connectivity index (χ2n) is 6.05. The van der Waals surface area contributed by atoms with Gasteiger partial charge in [-0.3, -0.25) is 4.79 Å². The van der Waals surface area contributed by atoms with Crippen molar-refractivity contribution in [2.75, 3.05) is 0 Å². The molecule has 0 fully saturated rings. The summed E-state index contributed by atoms with van der Waals surface area (Å²) in [5, 5.41) is 14.9. The molecule has 5 heteroatoms. The van der Waals surface area contributed by atoms with Gasteiger partial charge in [0.25, 0.3) is 5.91 Å². The molecular weight excluding hydrogens is 314 g/mol. The van der Waals surface area contributed by atoms with E-state index >= 15 is 0 Å². The van der Waals surface area contributed by atoms with Crippen LogP contribution in [-0.4, -0.2) is 21.0 Å². The lowest BCUT2D eigenvalue weighted by atomic mass is 10.1. The first kappa shape index (κ1) is 15.2. The number of amides is 1. The average Bonchev–Trinajstić information content (AvgIpc) is 3.05. The van der Waals surface area contributed by atoms with E-state index in [1.807, 2.05) is 55.5 Å². The fourth-order valence-electron chi connectivity index (χ4n) is 2.93. The number of aromatic hydroxyl groups is 1. The number of aromatic amines is 1. The zero-order valence-corrected chi connectivity index (χ0v) is 13.7. The molecule has 124 valence electrons. The number of carbonyl (C=O) groups excluding carboxylic acids is 1. The van der Waals surface area contributed by atoms with E-state index in [-0.39, 0.29) is 23.3 Å². The Morgan fingerprint density at radius 2 is 1.76 bits per heavy atom. The summed E-state index contributed by atoms with van der Waals surface area (Å²) in [5.41, 5.74) is 2.03. The molecule has 1 aromatic heterocycles. The van der Waals surface area contributed by atoms with Crippen LogP contribution in [0.2, 0.25) is 0 Å². The monoisotopic (exact) mass is 331 g/mol. The number of H-pyrrole nitrogens is 1. The van der Waals surface area contributed by atoms with E-state index in [0.29, 0.717) is 5.82 Å². The summed E-state index contributed by atoms with van der Waals surface area (Å²) in [5.74, 6) is 0.305. The Morgan fingerprint density at radius 1 is 1.08 bits per heavy atom. The Hall–Kier alpha value is -3.34. The van der Waals surface area contributed by atoms with Gasteiger partial charge in [0.1, 0.15) is 11.6 Å². The average molecular weight is 331 g/mol. The molecule has 3 aromatic carbocycles. The summed E-state index contributed by atoms with van der Waals surface area (Å²) in [7, 11) is 0. The molecular formula is C20H17N3O2. The summed E-state index contributed by atoms with van der Waals surface area (Å²) in [6.45, 7) is 1.85. The standard InChI is InChI=1S/C20H17N3O2/c1-12(19-22-16-8-4-5-9-17(16)23-19)21-20(25)15-10-13-6-2-3-7-14(13)11-18(15)24/h2-12,24H,1H3,(H,21,25)(H,22,23). The largest absolute Gasteiger partial charge is 0.507 e. The minimum atomic E-state index is -0.337. The second-order valence-corrected chi connectivity index (χ2v) is 6.05. The van der Waals surface area contributed by atoms with Crippen molar-refractivity contribution in [3.63, 3.8) is 0 Å². The van der Waals surface area contributed by atoms with Gasteiger partial charge in [-0.1, -0.05) is 36.4 Å². The number of para-hydroxylation sites is 2. The topological polar surface area (TPSA) is 78.0 Å². The lowest BCUT2D eigenvalue weighted by molar-refractivity contribution is 0.0936. The maximum absolute atomic E-state index is 12.6. The van der Waals surface area contributed by atoms with E-state index in [1.54, 1.807) is 12.1 Å². The Labute approximate surface area is 144 Å². The molecule has 4 aromatic rings. The van der Waals surface area contributed by atoms with Crippen LogP contribution in [0, 0.1) is 0 Å². The molecule has 0 bridgehead atoms. The van der Waals surface area contributed by atoms with Crippen LogP contribution in [0.3, 0.4) is 0 Å². The normalized spacial score (nSPS) is 12.4. The third kappa shape index (κ3) is 2.80. The third-order valence-electron chi connectivity index (χ3n) is 4.27. The predicted octanol–water partition coefficient (Wildman–Crippen LogP) is 3.91. The molecule has 0 radical (unpaired) electrons. The van der Waals surface area contributed by atoms with Crippen molar-refractivity contribution in [1.82, 2.24) is 15.3 Å². The van der Waals surface area contributed by atoms with Crippen LogP contribution in [0.5, 0.6) is 5.75 Å². The minimum Gasteiger partial charge on any atom is -0.507 e.